The van der Waals surface area contributed by atoms with Gasteiger partial charge < -0.3 is 15.3 Å². The molecule has 1 aromatic carbocycles. The van der Waals surface area contributed by atoms with Gasteiger partial charge in [-0.3, -0.25) is 0 Å². The van der Waals surface area contributed by atoms with E-state index in [0.29, 0.717) is 11.1 Å². The number of rotatable bonds is 3. The maximum Gasteiger partial charge on any atom is 0.335 e. The molecule has 0 amide bonds. The van der Waals surface area contributed by atoms with E-state index in [0.717, 1.165) is 0 Å². The molecule has 0 aromatic heterocycles. The van der Waals surface area contributed by atoms with Crippen molar-refractivity contribution in [2.24, 2.45) is 0 Å². The number of aliphatic hydroxyl groups excluding tert-OH is 2. The fraction of sp³-hybridized carbons (Fsp3) is 0.273. The van der Waals surface area contributed by atoms with Gasteiger partial charge in [0.05, 0.1) is 11.6 Å². The maximum atomic E-state index is 10.5. The van der Waals surface area contributed by atoms with Crippen molar-refractivity contribution < 1.29 is 20.1 Å². The molecule has 1 rings (SSSR count). The highest BCUT2D eigenvalue weighted by Crippen LogP contribution is 2.23. The van der Waals surface area contributed by atoms with Crippen LogP contribution in [-0.4, -0.2) is 27.4 Å². The van der Waals surface area contributed by atoms with Crippen LogP contribution in [0.5, 0.6) is 0 Å². The first-order valence-corrected chi connectivity index (χ1v) is 4.57. The molecule has 1 aromatic rings. The lowest BCUT2D eigenvalue weighted by Gasteiger charge is -2.16. The smallest absolute Gasteiger partial charge is 0.335 e. The van der Waals surface area contributed by atoms with Crippen LogP contribution in [0.2, 0.25) is 0 Å². The van der Waals surface area contributed by atoms with Gasteiger partial charge >= 0.3 is 5.97 Å². The van der Waals surface area contributed by atoms with Gasteiger partial charge in [-0.1, -0.05) is 12.1 Å². The zero-order valence-corrected chi connectivity index (χ0v) is 8.58. The van der Waals surface area contributed by atoms with Crippen LogP contribution >= 0.6 is 0 Å². The predicted octanol–water partition coefficient (Wildman–Crippen LogP) is 0.346. The van der Waals surface area contributed by atoms with Crippen LogP contribution in [-0.2, 0) is 4.79 Å². The highest BCUT2D eigenvalue weighted by atomic mass is 16.4. The number of aliphatic carboxylic acids is 1. The van der Waals surface area contributed by atoms with E-state index in [2.05, 4.69) is 0 Å². The van der Waals surface area contributed by atoms with Crippen molar-refractivity contribution in [3.63, 3.8) is 0 Å². The molecule has 0 aliphatic rings. The standard InChI is InChI=1S/C11H11NO4/c1-6-7(5-12)3-2-4-8(6)9(13)10(14)11(15)16/h2-4,9-10,13-14H,1H3,(H,15,16). The zero-order chi connectivity index (χ0) is 12.3. The largest absolute Gasteiger partial charge is 0.479 e. The normalized spacial score (nSPS) is 13.9. The van der Waals surface area contributed by atoms with Gasteiger partial charge in [-0.25, -0.2) is 4.79 Å². The van der Waals surface area contributed by atoms with E-state index < -0.39 is 18.2 Å². The summed E-state index contributed by atoms with van der Waals surface area (Å²) in [4.78, 5) is 10.5. The molecule has 0 aliphatic carbocycles. The molecule has 2 atom stereocenters. The first-order valence-electron chi connectivity index (χ1n) is 4.57. The number of aliphatic hydroxyl groups is 2. The number of carboxylic acid groups (broad SMARTS) is 1. The lowest BCUT2D eigenvalue weighted by Crippen LogP contribution is -2.28. The molecule has 2 unspecified atom stereocenters. The first kappa shape index (κ1) is 12.2. The van der Waals surface area contributed by atoms with Crippen molar-refractivity contribution in [2.75, 3.05) is 0 Å². The average Bonchev–Trinajstić information content (AvgIpc) is 2.27. The third-order valence-corrected chi connectivity index (χ3v) is 2.37. The van der Waals surface area contributed by atoms with Crippen molar-refractivity contribution in [1.29, 1.82) is 5.26 Å². The Labute approximate surface area is 92.2 Å². The Morgan fingerprint density at radius 1 is 1.44 bits per heavy atom. The number of hydrogen-bond donors (Lipinski definition) is 3. The SMILES string of the molecule is Cc1c(C#N)cccc1C(O)C(O)C(=O)O. The van der Waals surface area contributed by atoms with E-state index in [9.17, 15) is 15.0 Å². The Balaban J connectivity index is 3.15. The summed E-state index contributed by atoms with van der Waals surface area (Å²) in [7, 11) is 0. The lowest BCUT2D eigenvalue weighted by molar-refractivity contribution is -0.153. The predicted molar refractivity (Wildman–Crippen MR) is 54.5 cm³/mol. The van der Waals surface area contributed by atoms with Gasteiger partial charge in [-0.05, 0) is 24.1 Å². The minimum Gasteiger partial charge on any atom is -0.479 e. The van der Waals surface area contributed by atoms with E-state index in [1.807, 2.05) is 6.07 Å². The summed E-state index contributed by atoms with van der Waals surface area (Å²) in [5, 5.41) is 36.1. The van der Waals surface area contributed by atoms with Gasteiger partial charge in [0.25, 0.3) is 0 Å². The molecule has 0 bridgehead atoms. The van der Waals surface area contributed by atoms with Crippen LogP contribution in [0.15, 0.2) is 18.2 Å². The number of carboxylic acids is 1. The van der Waals surface area contributed by atoms with E-state index in [4.69, 9.17) is 10.4 Å². The highest BCUT2D eigenvalue weighted by molar-refractivity contribution is 5.73. The minimum atomic E-state index is -1.90. The molecule has 0 fully saturated rings. The van der Waals surface area contributed by atoms with E-state index in [1.54, 1.807) is 13.0 Å². The molecule has 0 spiro atoms. The quantitative estimate of drug-likeness (QED) is 0.683. The highest BCUT2D eigenvalue weighted by Gasteiger charge is 2.26. The Hall–Kier alpha value is -1.90. The molecule has 5 heteroatoms. The maximum absolute atomic E-state index is 10.5. The molecule has 0 aliphatic heterocycles. The summed E-state index contributed by atoms with van der Waals surface area (Å²) in [6.45, 7) is 1.59. The van der Waals surface area contributed by atoms with Crippen LogP contribution in [0.1, 0.15) is 22.8 Å². The van der Waals surface area contributed by atoms with Gasteiger partial charge in [0.15, 0.2) is 6.10 Å². The van der Waals surface area contributed by atoms with Gasteiger partial charge in [-0.2, -0.15) is 5.26 Å². The van der Waals surface area contributed by atoms with Crippen molar-refractivity contribution in [2.45, 2.75) is 19.1 Å². The number of nitriles is 1. The van der Waals surface area contributed by atoms with Crippen LogP contribution in [0.25, 0.3) is 0 Å². The van der Waals surface area contributed by atoms with Crippen LogP contribution in [0, 0.1) is 18.3 Å². The van der Waals surface area contributed by atoms with Gasteiger partial charge in [0.1, 0.15) is 6.10 Å². The summed E-state index contributed by atoms with van der Waals surface area (Å²) >= 11 is 0. The molecular weight excluding hydrogens is 210 g/mol. The fourth-order valence-electron chi connectivity index (χ4n) is 1.40. The molecule has 0 saturated heterocycles. The van der Waals surface area contributed by atoms with Gasteiger partial charge in [0.2, 0.25) is 0 Å². The Morgan fingerprint density at radius 3 is 2.56 bits per heavy atom. The molecule has 0 saturated carbocycles. The number of nitrogens with zero attached hydrogens (tertiary/aromatic N) is 1. The Kier molecular flexibility index (Phi) is 3.61. The summed E-state index contributed by atoms with van der Waals surface area (Å²) in [5.41, 5.74) is 1.06. The third kappa shape index (κ3) is 2.19. The Bertz CT molecular complexity index is 450. The van der Waals surface area contributed by atoms with Gasteiger partial charge in [0, 0.05) is 0 Å². The second-order valence-electron chi connectivity index (χ2n) is 3.36. The van der Waals surface area contributed by atoms with Crippen molar-refractivity contribution >= 4 is 5.97 Å². The number of hydrogen-bond acceptors (Lipinski definition) is 4. The molecule has 84 valence electrons. The fourth-order valence-corrected chi connectivity index (χ4v) is 1.40. The van der Waals surface area contributed by atoms with Crippen LogP contribution < -0.4 is 0 Å². The monoisotopic (exact) mass is 221 g/mol. The van der Waals surface area contributed by atoms with E-state index in [-0.39, 0.29) is 5.56 Å². The molecule has 5 nitrogen and oxygen atoms in total. The summed E-state index contributed by atoms with van der Waals surface area (Å²) in [5.74, 6) is -1.51. The third-order valence-electron chi connectivity index (χ3n) is 2.37. The van der Waals surface area contributed by atoms with Crippen molar-refractivity contribution in [1.82, 2.24) is 0 Å². The number of carbonyl (C=O) groups is 1. The van der Waals surface area contributed by atoms with Crippen LogP contribution in [0.4, 0.5) is 0 Å². The van der Waals surface area contributed by atoms with E-state index >= 15 is 0 Å². The van der Waals surface area contributed by atoms with Gasteiger partial charge in [-0.15, -0.1) is 0 Å². The molecule has 3 N–H and O–H groups in total. The summed E-state index contributed by atoms with van der Waals surface area (Å²) in [6, 6.07) is 6.48. The molecule has 0 heterocycles. The summed E-state index contributed by atoms with van der Waals surface area (Å²) in [6.07, 6.45) is -3.43. The number of benzene rings is 1. The van der Waals surface area contributed by atoms with Crippen LogP contribution in [0.3, 0.4) is 0 Å². The summed E-state index contributed by atoms with van der Waals surface area (Å²) < 4.78 is 0. The lowest BCUT2D eigenvalue weighted by atomic mass is 9.96. The van der Waals surface area contributed by atoms with Crippen molar-refractivity contribution in [3.05, 3.63) is 34.9 Å². The molecule has 16 heavy (non-hydrogen) atoms. The Morgan fingerprint density at radius 2 is 2.06 bits per heavy atom. The zero-order valence-electron chi connectivity index (χ0n) is 8.58. The second kappa shape index (κ2) is 4.75. The topological polar surface area (TPSA) is 102 Å². The average molecular weight is 221 g/mol. The van der Waals surface area contributed by atoms with E-state index in [1.165, 1.54) is 12.1 Å². The molecule has 0 radical (unpaired) electrons. The first-order chi connectivity index (χ1) is 7.49. The second-order valence-corrected chi connectivity index (χ2v) is 3.36. The van der Waals surface area contributed by atoms with Crippen molar-refractivity contribution in [3.8, 4) is 6.07 Å². The minimum absolute atomic E-state index is 0.244. The molecular formula is C11H11NO4.